The highest BCUT2D eigenvalue weighted by Gasteiger charge is 2.23. The van der Waals surface area contributed by atoms with Crippen molar-refractivity contribution in [3.8, 4) is 22.6 Å². The highest BCUT2D eigenvalue weighted by molar-refractivity contribution is 6.32. The summed E-state index contributed by atoms with van der Waals surface area (Å²) in [5, 5.41) is 18.7. The van der Waals surface area contributed by atoms with Gasteiger partial charge < -0.3 is 9.84 Å². The molecule has 0 spiro atoms. The second-order valence-electron chi connectivity index (χ2n) is 5.84. The molecule has 0 unspecified atom stereocenters. The summed E-state index contributed by atoms with van der Waals surface area (Å²) in [5.41, 5.74) is 5.97. The molecule has 3 aromatic rings. The maximum atomic E-state index is 9.81. The van der Waals surface area contributed by atoms with Gasteiger partial charge in [0.1, 0.15) is 5.71 Å². The van der Waals surface area contributed by atoms with Crippen molar-refractivity contribution in [2.45, 2.75) is 0 Å². The summed E-state index contributed by atoms with van der Waals surface area (Å²) >= 11 is 6.01. The second-order valence-corrected chi connectivity index (χ2v) is 6.25. The lowest BCUT2D eigenvalue weighted by molar-refractivity contribution is 0.373. The molecule has 0 amide bonds. The van der Waals surface area contributed by atoms with E-state index in [4.69, 9.17) is 16.3 Å². The van der Waals surface area contributed by atoms with Crippen molar-refractivity contribution in [2.24, 2.45) is 10.2 Å². The van der Waals surface area contributed by atoms with Crippen LogP contribution in [-0.4, -0.2) is 24.1 Å². The van der Waals surface area contributed by atoms with Gasteiger partial charge in [-0.15, -0.1) is 5.10 Å². The van der Waals surface area contributed by atoms with Gasteiger partial charge >= 0.3 is 0 Å². The minimum absolute atomic E-state index is 0.0868. The molecule has 4 rings (SSSR count). The van der Waals surface area contributed by atoms with Crippen LogP contribution in [0.5, 0.6) is 11.5 Å². The van der Waals surface area contributed by atoms with Crippen molar-refractivity contribution in [3.05, 3.63) is 82.4 Å². The third-order valence-electron chi connectivity index (χ3n) is 4.29. The highest BCUT2D eigenvalue weighted by Crippen LogP contribution is 2.37. The Morgan fingerprint density at radius 1 is 0.923 bits per heavy atom. The third-order valence-corrected chi connectivity index (χ3v) is 4.58. The number of methoxy groups -OCH3 is 1. The molecule has 26 heavy (non-hydrogen) atoms. The lowest BCUT2D eigenvalue weighted by atomic mass is 10.1. The summed E-state index contributed by atoms with van der Waals surface area (Å²) in [7, 11) is 1.47. The van der Waals surface area contributed by atoms with E-state index in [0.717, 1.165) is 28.0 Å². The van der Waals surface area contributed by atoms with E-state index in [-0.39, 0.29) is 10.8 Å². The van der Waals surface area contributed by atoms with E-state index in [2.05, 4.69) is 22.3 Å². The van der Waals surface area contributed by atoms with Crippen LogP contribution in [0.2, 0.25) is 5.02 Å². The molecular weight excluding hydrogens is 348 g/mol. The first kappa shape index (κ1) is 16.4. The van der Waals surface area contributed by atoms with Crippen LogP contribution in [0.3, 0.4) is 0 Å². The fourth-order valence-corrected chi connectivity index (χ4v) is 3.30. The smallest absolute Gasteiger partial charge is 0.176 e. The molecule has 0 bridgehead atoms. The van der Waals surface area contributed by atoms with Crippen molar-refractivity contribution in [1.29, 1.82) is 0 Å². The molecule has 0 saturated heterocycles. The molecule has 128 valence electrons. The Kier molecular flexibility index (Phi) is 4.19. The van der Waals surface area contributed by atoms with Gasteiger partial charge in [0, 0.05) is 16.7 Å². The predicted molar refractivity (Wildman–Crippen MR) is 105 cm³/mol. The number of nitrogens with zero attached hydrogens (tertiary/aromatic N) is 2. The van der Waals surface area contributed by atoms with Gasteiger partial charge in [0.2, 0.25) is 0 Å². The van der Waals surface area contributed by atoms with Gasteiger partial charge in [-0.3, -0.25) is 0 Å². The first-order chi connectivity index (χ1) is 12.7. The zero-order valence-corrected chi connectivity index (χ0v) is 14.7. The number of halogens is 1. The number of hydrogen-bond donors (Lipinski definition) is 1. The third kappa shape index (κ3) is 2.74. The number of ether oxygens (including phenoxy) is 1. The van der Waals surface area contributed by atoms with Gasteiger partial charge in [0.05, 0.1) is 18.3 Å². The van der Waals surface area contributed by atoms with Gasteiger partial charge in [-0.2, -0.15) is 5.10 Å². The number of phenolic OH excluding ortho intramolecular Hbond substituents is 1. The van der Waals surface area contributed by atoms with Crippen LogP contribution in [0.1, 0.15) is 16.7 Å². The maximum Gasteiger partial charge on any atom is 0.176 e. The van der Waals surface area contributed by atoms with Crippen molar-refractivity contribution in [3.63, 3.8) is 0 Å². The van der Waals surface area contributed by atoms with Gasteiger partial charge in [-0.25, -0.2) is 0 Å². The Bertz CT molecular complexity index is 1010. The summed E-state index contributed by atoms with van der Waals surface area (Å²) in [4.78, 5) is 0. The van der Waals surface area contributed by atoms with E-state index in [0.29, 0.717) is 11.3 Å². The topological polar surface area (TPSA) is 54.2 Å². The van der Waals surface area contributed by atoms with E-state index >= 15 is 0 Å². The molecule has 1 aliphatic carbocycles. The van der Waals surface area contributed by atoms with Crippen molar-refractivity contribution in [2.75, 3.05) is 7.11 Å². The Hall–Kier alpha value is -3.11. The number of aromatic hydroxyl groups is 1. The summed E-state index contributed by atoms with van der Waals surface area (Å²) in [6.07, 6.45) is 1.59. The average molecular weight is 363 g/mol. The van der Waals surface area contributed by atoms with Crippen LogP contribution in [0.4, 0.5) is 0 Å². The largest absolute Gasteiger partial charge is 0.503 e. The quantitative estimate of drug-likeness (QED) is 0.416. The first-order valence-electron chi connectivity index (χ1n) is 8.05. The lowest BCUT2D eigenvalue weighted by Gasteiger charge is -2.05. The summed E-state index contributed by atoms with van der Waals surface area (Å²) in [6.45, 7) is 0. The second kappa shape index (κ2) is 6.65. The Morgan fingerprint density at radius 2 is 1.50 bits per heavy atom. The van der Waals surface area contributed by atoms with Crippen LogP contribution in [0.25, 0.3) is 11.1 Å². The van der Waals surface area contributed by atoms with E-state index in [1.165, 1.54) is 7.11 Å². The van der Waals surface area contributed by atoms with Crippen LogP contribution in [0, 0.1) is 0 Å². The molecule has 5 heteroatoms. The molecule has 1 aliphatic rings. The van der Waals surface area contributed by atoms with Crippen molar-refractivity contribution >= 4 is 23.5 Å². The SMILES string of the molecule is COc1cc(/C=N/N=C2c3ccccc3-c3ccccc32)cc(Cl)c1O. The molecule has 0 radical (unpaired) electrons. The zero-order chi connectivity index (χ0) is 18.1. The molecular formula is C21H15ClN2O2. The first-order valence-corrected chi connectivity index (χ1v) is 8.43. The predicted octanol–water partition coefficient (Wildman–Crippen LogP) is 4.91. The van der Waals surface area contributed by atoms with Crippen LogP contribution < -0.4 is 4.74 Å². The van der Waals surface area contributed by atoms with E-state index < -0.39 is 0 Å². The molecule has 0 aliphatic heterocycles. The molecule has 4 nitrogen and oxygen atoms in total. The van der Waals surface area contributed by atoms with Crippen LogP contribution in [-0.2, 0) is 0 Å². The fraction of sp³-hybridized carbons (Fsp3) is 0.0476. The van der Waals surface area contributed by atoms with Gasteiger partial charge in [0.15, 0.2) is 11.5 Å². The zero-order valence-electron chi connectivity index (χ0n) is 14.0. The van der Waals surface area contributed by atoms with Crippen LogP contribution >= 0.6 is 11.6 Å². The van der Waals surface area contributed by atoms with Crippen molar-refractivity contribution in [1.82, 2.24) is 0 Å². The van der Waals surface area contributed by atoms with E-state index in [1.807, 2.05) is 36.4 Å². The molecule has 0 saturated carbocycles. The number of phenols is 1. The van der Waals surface area contributed by atoms with Gasteiger partial charge in [-0.1, -0.05) is 60.1 Å². The maximum absolute atomic E-state index is 9.81. The molecule has 0 atom stereocenters. The molecule has 0 aromatic heterocycles. The molecule has 0 fully saturated rings. The number of benzene rings is 3. The highest BCUT2D eigenvalue weighted by atomic mass is 35.5. The van der Waals surface area contributed by atoms with E-state index in [9.17, 15) is 5.11 Å². The van der Waals surface area contributed by atoms with Gasteiger partial charge in [0.25, 0.3) is 0 Å². The summed E-state index contributed by atoms with van der Waals surface area (Å²) in [5.74, 6) is 0.208. The lowest BCUT2D eigenvalue weighted by Crippen LogP contribution is -1.97. The standard InChI is InChI=1S/C21H15ClN2O2/c1-26-19-11-13(10-18(22)21(19)25)12-23-24-20-16-8-4-2-6-14(16)15-7-3-5-9-17(15)20/h2-12,25H,1H3/b23-12+. The minimum Gasteiger partial charge on any atom is -0.503 e. The average Bonchev–Trinajstić information content (AvgIpc) is 2.99. The van der Waals surface area contributed by atoms with Crippen LogP contribution in [0.15, 0.2) is 70.9 Å². The molecule has 0 heterocycles. The minimum atomic E-state index is -0.0868. The number of hydrogen-bond acceptors (Lipinski definition) is 4. The Labute approximate surface area is 156 Å². The Morgan fingerprint density at radius 3 is 2.08 bits per heavy atom. The summed E-state index contributed by atoms with van der Waals surface area (Å²) in [6, 6.07) is 19.6. The number of fused-ring (bicyclic) bond motifs is 3. The van der Waals surface area contributed by atoms with E-state index in [1.54, 1.807) is 18.3 Å². The Balaban J connectivity index is 1.74. The molecule has 3 aromatic carbocycles. The normalized spacial score (nSPS) is 12.2. The molecule has 1 N–H and O–H groups in total. The fourth-order valence-electron chi connectivity index (χ4n) is 3.08. The number of rotatable bonds is 3. The van der Waals surface area contributed by atoms with Crippen molar-refractivity contribution < 1.29 is 9.84 Å². The monoisotopic (exact) mass is 362 g/mol. The summed E-state index contributed by atoms with van der Waals surface area (Å²) < 4.78 is 5.11. The van der Waals surface area contributed by atoms with Gasteiger partial charge in [-0.05, 0) is 23.3 Å².